The van der Waals surface area contributed by atoms with Gasteiger partial charge in [-0.1, -0.05) is 32.4 Å². The molecule has 0 spiro atoms. The van der Waals surface area contributed by atoms with Crippen LogP contribution in [0.15, 0.2) is 24.3 Å². The number of nitrogens with two attached hydrogens (primary N) is 1. The van der Waals surface area contributed by atoms with Gasteiger partial charge in [-0.2, -0.15) is 0 Å². The predicted octanol–water partition coefficient (Wildman–Crippen LogP) is 1.62. The lowest BCUT2D eigenvalue weighted by molar-refractivity contribution is -0.384. The van der Waals surface area contributed by atoms with Crippen LogP contribution in [0.5, 0.6) is 0 Å². The molecule has 0 aromatic heterocycles. The molecule has 2 N–H and O–H groups in total. The van der Waals surface area contributed by atoms with Crippen LogP contribution in [0.4, 0.5) is 11.4 Å². The summed E-state index contributed by atoms with van der Waals surface area (Å²) in [6.07, 6.45) is 0.864. The minimum Gasteiger partial charge on any atom is -0.362 e. The molecule has 23 heavy (non-hydrogen) atoms. The van der Waals surface area contributed by atoms with Gasteiger partial charge in [-0.25, -0.2) is 0 Å². The largest absolute Gasteiger partial charge is 0.362 e. The molecule has 1 fully saturated rings. The van der Waals surface area contributed by atoms with Crippen LogP contribution in [0.3, 0.4) is 0 Å². The Morgan fingerprint density at radius 2 is 1.91 bits per heavy atom. The molecule has 1 aromatic rings. The number of para-hydroxylation sites is 2. The highest BCUT2D eigenvalue weighted by molar-refractivity contribution is 5.82. The molecule has 0 saturated carbocycles. The Morgan fingerprint density at radius 1 is 1.30 bits per heavy atom. The number of hydrogen-bond donors (Lipinski definition) is 1. The second kappa shape index (κ2) is 7.41. The number of rotatable bonds is 5. The number of piperazine rings is 1. The summed E-state index contributed by atoms with van der Waals surface area (Å²) >= 11 is 0. The first kappa shape index (κ1) is 17.2. The quantitative estimate of drug-likeness (QED) is 0.657. The average Bonchev–Trinajstić information content (AvgIpc) is 2.59. The van der Waals surface area contributed by atoms with E-state index in [9.17, 15) is 14.9 Å². The first-order valence-electron chi connectivity index (χ1n) is 7.98. The zero-order valence-corrected chi connectivity index (χ0v) is 13.6. The summed E-state index contributed by atoms with van der Waals surface area (Å²) in [5.41, 5.74) is 6.73. The van der Waals surface area contributed by atoms with Crippen molar-refractivity contribution in [2.45, 2.75) is 26.3 Å². The van der Waals surface area contributed by atoms with Gasteiger partial charge in [-0.05, 0) is 12.0 Å². The number of nitro benzene ring substituents is 1. The summed E-state index contributed by atoms with van der Waals surface area (Å²) in [6, 6.07) is 6.23. The van der Waals surface area contributed by atoms with Gasteiger partial charge in [0.05, 0.1) is 11.0 Å². The molecule has 1 saturated heterocycles. The number of hydrogen-bond acceptors (Lipinski definition) is 5. The SMILES string of the molecule is CCC(C)C(N)C(=O)N1CCN(c2ccccc2[N+](=O)[O-])CC1. The molecule has 126 valence electrons. The number of nitrogens with zero attached hydrogens (tertiary/aromatic N) is 3. The standard InChI is InChI=1S/C16H24N4O3/c1-3-12(2)15(17)16(21)19-10-8-18(9-11-19)13-6-4-5-7-14(13)20(22)23/h4-7,12,15H,3,8-11,17H2,1-2H3. The normalized spacial score (nSPS) is 17.7. The van der Waals surface area contributed by atoms with Crippen molar-refractivity contribution in [3.8, 4) is 0 Å². The second-order valence-corrected chi connectivity index (χ2v) is 5.97. The summed E-state index contributed by atoms with van der Waals surface area (Å²) in [5.74, 6) is 0.123. The van der Waals surface area contributed by atoms with Gasteiger partial charge in [0.25, 0.3) is 5.69 Å². The zero-order chi connectivity index (χ0) is 17.0. The fourth-order valence-corrected chi connectivity index (χ4v) is 2.76. The van der Waals surface area contributed by atoms with Crippen LogP contribution < -0.4 is 10.6 Å². The Morgan fingerprint density at radius 3 is 2.48 bits per heavy atom. The van der Waals surface area contributed by atoms with Crippen molar-refractivity contribution in [3.63, 3.8) is 0 Å². The van der Waals surface area contributed by atoms with Gasteiger partial charge in [0, 0.05) is 32.2 Å². The maximum atomic E-state index is 12.4. The minimum atomic E-state index is -0.474. The average molecular weight is 320 g/mol. The van der Waals surface area contributed by atoms with E-state index in [-0.39, 0.29) is 22.4 Å². The Labute approximate surface area is 136 Å². The number of benzene rings is 1. The van der Waals surface area contributed by atoms with Crippen molar-refractivity contribution in [2.24, 2.45) is 11.7 Å². The fraction of sp³-hybridized carbons (Fsp3) is 0.562. The van der Waals surface area contributed by atoms with Gasteiger partial charge in [0.2, 0.25) is 5.91 Å². The number of anilines is 1. The van der Waals surface area contributed by atoms with Gasteiger partial charge in [-0.3, -0.25) is 14.9 Å². The molecule has 2 atom stereocenters. The van der Waals surface area contributed by atoms with Crippen molar-refractivity contribution in [3.05, 3.63) is 34.4 Å². The van der Waals surface area contributed by atoms with E-state index in [4.69, 9.17) is 5.73 Å². The Kier molecular flexibility index (Phi) is 5.54. The van der Waals surface area contributed by atoms with Gasteiger partial charge in [0.15, 0.2) is 0 Å². The predicted molar refractivity (Wildman–Crippen MR) is 89.3 cm³/mol. The van der Waals surface area contributed by atoms with Crippen LogP contribution >= 0.6 is 0 Å². The van der Waals surface area contributed by atoms with Crippen LogP contribution in [0.25, 0.3) is 0 Å². The smallest absolute Gasteiger partial charge is 0.292 e. The summed E-state index contributed by atoms with van der Waals surface area (Å²) in [7, 11) is 0. The molecule has 0 bridgehead atoms. The van der Waals surface area contributed by atoms with E-state index in [1.54, 1.807) is 23.1 Å². The first-order chi connectivity index (χ1) is 11.0. The van der Waals surface area contributed by atoms with Gasteiger partial charge in [0.1, 0.15) is 5.69 Å². The zero-order valence-electron chi connectivity index (χ0n) is 13.6. The van der Waals surface area contributed by atoms with Crippen LogP contribution in [0.2, 0.25) is 0 Å². The van der Waals surface area contributed by atoms with Gasteiger partial charge >= 0.3 is 0 Å². The number of amides is 1. The summed E-state index contributed by atoms with van der Waals surface area (Å²) in [5, 5.41) is 11.1. The third kappa shape index (κ3) is 3.79. The van der Waals surface area contributed by atoms with E-state index in [1.165, 1.54) is 6.07 Å². The maximum Gasteiger partial charge on any atom is 0.292 e. The van der Waals surface area contributed by atoms with Gasteiger partial charge in [-0.15, -0.1) is 0 Å². The number of nitro groups is 1. The van der Waals surface area contributed by atoms with Crippen LogP contribution in [0.1, 0.15) is 20.3 Å². The molecule has 7 nitrogen and oxygen atoms in total. The maximum absolute atomic E-state index is 12.4. The van der Waals surface area contributed by atoms with E-state index < -0.39 is 6.04 Å². The molecule has 2 unspecified atom stereocenters. The Balaban J connectivity index is 2.02. The molecule has 1 heterocycles. The topological polar surface area (TPSA) is 92.7 Å². The molecule has 0 aliphatic carbocycles. The number of carbonyl (C=O) groups is 1. The summed E-state index contributed by atoms with van der Waals surface area (Å²) in [4.78, 5) is 26.9. The van der Waals surface area contributed by atoms with Crippen molar-refractivity contribution < 1.29 is 9.72 Å². The van der Waals surface area contributed by atoms with Crippen molar-refractivity contribution in [2.75, 3.05) is 31.1 Å². The first-order valence-corrected chi connectivity index (χ1v) is 7.98. The highest BCUT2D eigenvalue weighted by atomic mass is 16.6. The van der Waals surface area contributed by atoms with E-state index in [2.05, 4.69) is 0 Å². The van der Waals surface area contributed by atoms with E-state index >= 15 is 0 Å². The number of carbonyl (C=O) groups excluding carboxylic acids is 1. The van der Waals surface area contributed by atoms with Crippen LogP contribution in [0, 0.1) is 16.0 Å². The van der Waals surface area contributed by atoms with Crippen LogP contribution in [-0.2, 0) is 4.79 Å². The third-order valence-corrected chi connectivity index (χ3v) is 4.55. The lowest BCUT2D eigenvalue weighted by Gasteiger charge is -2.37. The Bertz CT molecular complexity index is 570. The van der Waals surface area contributed by atoms with Crippen molar-refractivity contribution in [1.29, 1.82) is 0 Å². The van der Waals surface area contributed by atoms with Crippen molar-refractivity contribution >= 4 is 17.3 Å². The fourth-order valence-electron chi connectivity index (χ4n) is 2.76. The third-order valence-electron chi connectivity index (χ3n) is 4.55. The molecular formula is C16H24N4O3. The highest BCUT2D eigenvalue weighted by Gasteiger charge is 2.29. The monoisotopic (exact) mass is 320 g/mol. The van der Waals surface area contributed by atoms with Crippen LogP contribution in [-0.4, -0.2) is 48.0 Å². The molecule has 1 aromatic carbocycles. The highest BCUT2D eigenvalue weighted by Crippen LogP contribution is 2.28. The lowest BCUT2D eigenvalue weighted by Crippen LogP contribution is -2.54. The van der Waals surface area contributed by atoms with Gasteiger partial charge < -0.3 is 15.5 Å². The second-order valence-electron chi connectivity index (χ2n) is 5.97. The van der Waals surface area contributed by atoms with E-state index in [1.807, 2.05) is 18.7 Å². The summed E-state index contributed by atoms with van der Waals surface area (Å²) in [6.45, 7) is 6.22. The Hall–Kier alpha value is -2.15. The minimum absolute atomic E-state index is 0.0263. The molecule has 2 rings (SSSR count). The van der Waals surface area contributed by atoms with Crippen molar-refractivity contribution in [1.82, 2.24) is 4.90 Å². The molecule has 0 radical (unpaired) electrons. The molecule has 7 heteroatoms. The summed E-state index contributed by atoms with van der Waals surface area (Å²) < 4.78 is 0. The molecular weight excluding hydrogens is 296 g/mol. The molecule has 1 aliphatic heterocycles. The lowest BCUT2D eigenvalue weighted by atomic mass is 9.98. The van der Waals surface area contributed by atoms with E-state index in [0.717, 1.165) is 6.42 Å². The van der Waals surface area contributed by atoms with E-state index in [0.29, 0.717) is 31.9 Å². The molecule has 1 amide bonds. The molecule has 1 aliphatic rings.